The van der Waals surface area contributed by atoms with Crippen LogP contribution in [0.25, 0.3) is 0 Å². The van der Waals surface area contributed by atoms with Crippen molar-refractivity contribution in [1.29, 1.82) is 0 Å². The smallest absolute Gasteiger partial charge is 0.160 e. The van der Waals surface area contributed by atoms with Crippen LogP contribution in [-0.2, 0) is 6.42 Å². The van der Waals surface area contributed by atoms with Crippen molar-refractivity contribution in [3.63, 3.8) is 0 Å². The summed E-state index contributed by atoms with van der Waals surface area (Å²) in [7, 11) is 3.21. The van der Waals surface area contributed by atoms with Crippen molar-refractivity contribution in [3.8, 4) is 11.5 Å². The maximum Gasteiger partial charge on any atom is 0.160 e. The zero-order valence-electron chi connectivity index (χ0n) is 12.3. The summed E-state index contributed by atoms with van der Waals surface area (Å²) in [6.07, 6.45) is 0.723. The van der Waals surface area contributed by atoms with Gasteiger partial charge in [-0.1, -0.05) is 18.2 Å². The second-order valence-electron chi connectivity index (χ2n) is 4.88. The van der Waals surface area contributed by atoms with Crippen molar-refractivity contribution in [2.75, 3.05) is 20.8 Å². The highest BCUT2D eigenvalue weighted by atomic mass is 19.1. The van der Waals surface area contributed by atoms with E-state index in [1.807, 2.05) is 24.3 Å². The lowest BCUT2D eigenvalue weighted by molar-refractivity contribution is 0.354. The molecule has 3 nitrogen and oxygen atoms in total. The van der Waals surface area contributed by atoms with Crippen molar-refractivity contribution in [1.82, 2.24) is 0 Å². The van der Waals surface area contributed by atoms with Crippen molar-refractivity contribution >= 4 is 0 Å². The first-order valence-corrected chi connectivity index (χ1v) is 6.84. The number of benzene rings is 2. The molecule has 0 bridgehead atoms. The van der Waals surface area contributed by atoms with E-state index in [9.17, 15) is 4.39 Å². The van der Waals surface area contributed by atoms with E-state index in [1.165, 1.54) is 12.1 Å². The van der Waals surface area contributed by atoms with Gasteiger partial charge in [0, 0.05) is 5.92 Å². The summed E-state index contributed by atoms with van der Waals surface area (Å²) in [6.45, 7) is 0.456. The lowest BCUT2D eigenvalue weighted by Crippen LogP contribution is -2.15. The molecule has 21 heavy (non-hydrogen) atoms. The average Bonchev–Trinajstić information content (AvgIpc) is 2.52. The average molecular weight is 289 g/mol. The Labute approximate surface area is 124 Å². The molecule has 0 spiro atoms. The molecule has 4 heteroatoms. The van der Waals surface area contributed by atoms with Gasteiger partial charge in [0.05, 0.1) is 14.2 Å². The first kappa shape index (κ1) is 15.3. The number of hydrogen-bond acceptors (Lipinski definition) is 3. The van der Waals surface area contributed by atoms with Crippen LogP contribution in [0.15, 0.2) is 42.5 Å². The van der Waals surface area contributed by atoms with Gasteiger partial charge in [0.1, 0.15) is 5.82 Å². The second-order valence-corrected chi connectivity index (χ2v) is 4.88. The van der Waals surface area contributed by atoms with Crippen LogP contribution in [0.2, 0.25) is 0 Å². The molecule has 0 aliphatic heterocycles. The van der Waals surface area contributed by atoms with E-state index in [2.05, 4.69) is 0 Å². The van der Waals surface area contributed by atoms with Gasteiger partial charge >= 0.3 is 0 Å². The molecule has 0 fully saturated rings. The second kappa shape index (κ2) is 7.09. The van der Waals surface area contributed by atoms with E-state index in [1.54, 1.807) is 20.3 Å². The minimum Gasteiger partial charge on any atom is -0.493 e. The Morgan fingerprint density at radius 2 is 1.81 bits per heavy atom. The van der Waals surface area contributed by atoms with Gasteiger partial charge in [-0.05, 0) is 48.4 Å². The minimum atomic E-state index is -0.238. The standard InChI is InChI=1S/C17H20FNO2/c1-20-16-7-6-12(9-17(16)21-2)8-14(11-19)13-4-3-5-15(18)10-13/h3-7,9-10,14H,8,11,19H2,1-2H3. The quantitative estimate of drug-likeness (QED) is 0.888. The first-order valence-electron chi connectivity index (χ1n) is 6.84. The molecule has 2 rings (SSSR count). The Hall–Kier alpha value is -2.07. The third-order valence-corrected chi connectivity index (χ3v) is 3.53. The molecule has 1 unspecified atom stereocenters. The molecule has 0 aromatic heterocycles. The fourth-order valence-electron chi connectivity index (χ4n) is 2.39. The summed E-state index contributed by atoms with van der Waals surface area (Å²) in [5.41, 5.74) is 7.84. The van der Waals surface area contributed by atoms with Gasteiger partial charge < -0.3 is 15.2 Å². The zero-order chi connectivity index (χ0) is 15.2. The van der Waals surface area contributed by atoms with E-state index < -0.39 is 0 Å². The highest BCUT2D eigenvalue weighted by Gasteiger charge is 2.13. The molecule has 0 aliphatic rings. The molecule has 112 valence electrons. The van der Waals surface area contributed by atoms with Crippen molar-refractivity contribution in [2.24, 2.45) is 5.73 Å². The first-order chi connectivity index (χ1) is 10.2. The van der Waals surface area contributed by atoms with E-state index in [0.29, 0.717) is 18.0 Å². The largest absolute Gasteiger partial charge is 0.493 e. The van der Waals surface area contributed by atoms with Gasteiger partial charge in [0.25, 0.3) is 0 Å². The van der Waals surface area contributed by atoms with Crippen LogP contribution in [0.5, 0.6) is 11.5 Å². The van der Waals surface area contributed by atoms with E-state index in [0.717, 1.165) is 17.5 Å². The van der Waals surface area contributed by atoms with Gasteiger partial charge in [-0.15, -0.1) is 0 Å². The molecule has 0 heterocycles. The Bertz CT molecular complexity index is 601. The number of halogens is 1. The van der Waals surface area contributed by atoms with E-state index in [-0.39, 0.29) is 11.7 Å². The summed E-state index contributed by atoms with van der Waals surface area (Å²) in [6, 6.07) is 12.4. The topological polar surface area (TPSA) is 44.5 Å². The summed E-state index contributed by atoms with van der Waals surface area (Å²) >= 11 is 0. The Morgan fingerprint density at radius 1 is 1.05 bits per heavy atom. The number of rotatable bonds is 6. The van der Waals surface area contributed by atoms with Gasteiger partial charge in [0.15, 0.2) is 11.5 Å². The fraction of sp³-hybridized carbons (Fsp3) is 0.294. The van der Waals surface area contributed by atoms with Gasteiger partial charge in [-0.2, -0.15) is 0 Å². The Morgan fingerprint density at radius 3 is 2.43 bits per heavy atom. The van der Waals surface area contributed by atoms with Crippen molar-refractivity contribution < 1.29 is 13.9 Å². The fourth-order valence-corrected chi connectivity index (χ4v) is 2.39. The van der Waals surface area contributed by atoms with Crippen LogP contribution in [0.3, 0.4) is 0 Å². The number of nitrogens with two attached hydrogens (primary N) is 1. The van der Waals surface area contributed by atoms with Crippen LogP contribution < -0.4 is 15.2 Å². The number of hydrogen-bond donors (Lipinski definition) is 1. The monoisotopic (exact) mass is 289 g/mol. The molecule has 0 aliphatic carbocycles. The summed E-state index contributed by atoms with van der Waals surface area (Å²) in [5, 5.41) is 0. The third kappa shape index (κ3) is 3.73. The van der Waals surface area contributed by atoms with E-state index in [4.69, 9.17) is 15.2 Å². The zero-order valence-corrected chi connectivity index (χ0v) is 12.3. The molecule has 2 aromatic rings. The van der Waals surface area contributed by atoms with Crippen LogP contribution in [0, 0.1) is 5.82 Å². The van der Waals surface area contributed by atoms with Crippen LogP contribution >= 0.6 is 0 Å². The minimum absolute atomic E-state index is 0.0683. The van der Waals surface area contributed by atoms with Crippen LogP contribution in [-0.4, -0.2) is 20.8 Å². The predicted octanol–water partition coefficient (Wildman–Crippen LogP) is 3.13. The maximum atomic E-state index is 13.3. The molecule has 0 saturated carbocycles. The normalized spacial score (nSPS) is 12.0. The SMILES string of the molecule is COc1ccc(CC(CN)c2cccc(F)c2)cc1OC. The van der Waals surface area contributed by atoms with Gasteiger partial charge in [0.2, 0.25) is 0 Å². The molecular formula is C17H20FNO2. The molecule has 1 atom stereocenters. The molecule has 0 radical (unpaired) electrons. The Balaban J connectivity index is 2.22. The molecular weight excluding hydrogens is 269 g/mol. The lowest BCUT2D eigenvalue weighted by atomic mass is 9.92. The van der Waals surface area contributed by atoms with Crippen molar-refractivity contribution in [3.05, 3.63) is 59.4 Å². The summed E-state index contributed by atoms with van der Waals surface area (Å²) in [4.78, 5) is 0. The van der Waals surface area contributed by atoms with Gasteiger partial charge in [-0.3, -0.25) is 0 Å². The highest BCUT2D eigenvalue weighted by molar-refractivity contribution is 5.43. The predicted molar refractivity (Wildman–Crippen MR) is 81.4 cm³/mol. The molecule has 2 N–H and O–H groups in total. The highest BCUT2D eigenvalue weighted by Crippen LogP contribution is 2.30. The van der Waals surface area contributed by atoms with Crippen LogP contribution in [0.1, 0.15) is 17.0 Å². The van der Waals surface area contributed by atoms with Gasteiger partial charge in [-0.25, -0.2) is 4.39 Å². The lowest BCUT2D eigenvalue weighted by Gasteiger charge is -2.16. The Kier molecular flexibility index (Phi) is 5.17. The van der Waals surface area contributed by atoms with E-state index >= 15 is 0 Å². The summed E-state index contributed by atoms with van der Waals surface area (Å²) < 4.78 is 23.9. The summed E-state index contributed by atoms with van der Waals surface area (Å²) in [5.74, 6) is 1.21. The number of methoxy groups -OCH3 is 2. The van der Waals surface area contributed by atoms with Crippen LogP contribution in [0.4, 0.5) is 4.39 Å². The van der Waals surface area contributed by atoms with Crippen molar-refractivity contribution in [2.45, 2.75) is 12.3 Å². The molecule has 2 aromatic carbocycles. The molecule has 0 amide bonds. The molecule has 0 saturated heterocycles. The number of ether oxygens (including phenoxy) is 2. The maximum absolute atomic E-state index is 13.3. The third-order valence-electron chi connectivity index (χ3n) is 3.53.